The molecule has 1 heterocycles. The van der Waals surface area contributed by atoms with Crippen molar-refractivity contribution in [2.75, 3.05) is 30.8 Å². The molecule has 0 fully saturated rings. The molecule has 0 aliphatic rings. The highest BCUT2D eigenvalue weighted by atomic mass is 35.5. The van der Waals surface area contributed by atoms with Crippen molar-refractivity contribution in [3.05, 3.63) is 76.9 Å². The summed E-state index contributed by atoms with van der Waals surface area (Å²) < 4.78 is 5.38. The molecule has 0 saturated carbocycles. The topological polar surface area (TPSA) is 59.1 Å². The second kappa shape index (κ2) is 9.78. The molecule has 5 nitrogen and oxygen atoms in total. The fraction of sp³-hybridized carbons (Fsp3) is 0.238. The number of anilines is 2. The predicted octanol–water partition coefficient (Wildman–Crippen LogP) is 4.45. The molecule has 2 aromatic carbocycles. The zero-order valence-electron chi connectivity index (χ0n) is 15.3. The van der Waals surface area contributed by atoms with E-state index in [-0.39, 0.29) is 0 Å². The van der Waals surface area contributed by atoms with E-state index in [9.17, 15) is 0 Å². The van der Waals surface area contributed by atoms with E-state index in [1.165, 1.54) is 5.56 Å². The van der Waals surface area contributed by atoms with Crippen LogP contribution in [0.5, 0.6) is 5.75 Å². The van der Waals surface area contributed by atoms with Gasteiger partial charge in [0.15, 0.2) is 0 Å². The smallest absolute Gasteiger partial charge is 0.224 e. The molecule has 0 unspecified atom stereocenters. The SMILES string of the molecule is COc1ccccc1CCNc1nccc(NCCc2cccc(Cl)c2)n1. The largest absolute Gasteiger partial charge is 0.496 e. The van der Waals surface area contributed by atoms with E-state index < -0.39 is 0 Å². The fourth-order valence-corrected chi connectivity index (χ4v) is 3.00. The lowest BCUT2D eigenvalue weighted by Crippen LogP contribution is -2.11. The number of rotatable bonds is 9. The highest BCUT2D eigenvalue weighted by Gasteiger charge is 2.03. The van der Waals surface area contributed by atoms with Crippen molar-refractivity contribution in [2.45, 2.75) is 12.8 Å². The second-order valence-corrected chi connectivity index (χ2v) is 6.50. The maximum atomic E-state index is 6.02. The Hall–Kier alpha value is -2.79. The highest BCUT2D eigenvalue weighted by molar-refractivity contribution is 6.30. The maximum absolute atomic E-state index is 6.02. The minimum atomic E-state index is 0.609. The number of aromatic nitrogens is 2. The number of methoxy groups -OCH3 is 1. The van der Waals surface area contributed by atoms with Crippen LogP contribution in [0.2, 0.25) is 5.02 Å². The average molecular weight is 383 g/mol. The first-order chi connectivity index (χ1) is 13.2. The monoisotopic (exact) mass is 382 g/mol. The van der Waals surface area contributed by atoms with E-state index in [0.29, 0.717) is 5.95 Å². The summed E-state index contributed by atoms with van der Waals surface area (Å²) in [6.45, 7) is 1.50. The van der Waals surface area contributed by atoms with Gasteiger partial charge in [-0.1, -0.05) is 41.9 Å². The molecule has 2 N–H and O–H groups in total. The highest BCUT2D eigenvalue weighted by Crippen LogP contribution is 2.18. The standard InChI is InChI=1S/C21H23ClN4O/c1-27-19-8-3-2-6-17(19)10-13-24-21-25-14-11-20(26-21)23-12-9-16-5-4-7-18(22)15-16/h2-8,11,14-15H,9-10,12-13H2,1H3,(H2,23,24,25,26). The van der Waals surface area contributed by atoms with Crippen LogP contribution >= 0.6 is 11.6 Å². The van der Waals surface area contributed by atoms with Gasteiger partial charge in [0.05, 0.1) is 7.11 Å². The minimum absolute atomic E-state index is 0.609. The third-order valence-electron chi connectivity index (χ3n) is 4.13. The normalized spacial score (nSPS) is 10.4. The number of hydrogen-bond acceptors (Lipinski definition) is 5. The number of nitrogens with zero attached hydrogens (tertiary/aromatic N) is 2. The lowest BCUT2D eigenvalue weighted by Gasteiger charge is -2.10. The van der Waals surface area contributed by atoms with Crippen LogP contribution in [0.3, 0.4) is 0 Å². The van der Waals surface area contributed by atoms with E-state index in [2.05, 4.69) is 32.7 Å². The van der Waals surface area contributed by atoms with E-state index in [0.717, 1.165) is 48.1 Å². The summed E-state index contributed by atoms with van der Waals surface area (Å²) in [6.07, 6.45) is 3.46. The van der Waals surface area contributed by atoms with Crippen molar-refractivity contribution in [3.63, 3.8) is 0 Å². The first kappa shape index (κ1) is 19.0. The zero-order valence-corrected chi connectivity index (χ0v) is 16.0. The Kier molecular flexibility index (Phi) is 6.88. The Balaban J connectivity index is 1.48. The molecular weight excluding hydrogens is 360 g/mol. The molecule has 1 aromatic heterocycles. The van der Waals surface area contributed by atoms with Crippen molar-refractivity contribution in [1.82, 2.24) is 9.97 Å². The van der Waals surface area contributed by atoms with Gasteiger partial charge >= 0.3 is 0 Å². The zero-order chi connectivity index (χ0) is 18.9. The van der Waals surface area contributed by atoms with Gasteiger partial charge in [-0.2, -0.15) is 4.98 Å². The molecule has 0 aliphatic heterocycles. The van der Waals surface area contributed by atoms with Crippen molar-refractivity contribution in [2.24, 2.45) is 0 Å². The molecule has 3 rings (SSSR count). The number of ether oxygens (including phenoxy) is 1. The van der Waals surface area contributed by atoms with E-state index in [4.69, 9.17) is 16.3 Å². The quantitative estimate of drug-likeness (QED) is 0.572. The van der Waals surface area contributed by atoms with Crippen molar-refractivity contribution in [1.29, 1.82) is 0 Å². The Morgan fingerprint density at radius 2 is 1.81 bits per heavy atom. The third kappa shape index (κ3) is 5.86. The number of nitrogens with one attached hydrogen (secondary N) is 2. The molecular formula is C21H23ClN4O. The summed E-state index contributed by atoms with van der Waals surface area (Å²) >= 11 is 6.02. The van der Waals surface area contributed by atoms with Crippen LogP contribution in [0.1, 0.15) is 11.1 Å². The van der Waals surface area contributed by atoms with Crippen LogP contribution in [0.15, 0.2) is 60.8 Å². The molecule has 0 amide bonds. The molecule has 0 atom stereocenters. The van der Waals surface area contributed by atoms with E-state index in [1.54, 1.807) is 13.3 Å². The van der Waals surface area contributed by atoms with Gasteiger partial charge in [-0.3, -0.25) is 0 Å². The molecule has 0 saturated heterocycles. The van der Waals surface area contributed by atoms with Crippen molar-refractivity contribution < 1.29 is 4.74 Å². The van der Waals surface area contributed by atoms with Crippen LogP contribution in [-0.2, 0) is 12.8 Å². The van der Waals surface area contributed by atoms with Gasteiger partial charge in [0.1, 0.15) is 11.6 Å². The first-order valence-electron chi connectivity index (χ1n) is 8.92. The van der Waals surface area contributed by atoms with Gasteiger partial charge in [0.25, 0.3) is 0 Å². The number of hydrogen-bond donors (Lipinski definition) is 2. The number of halogens is 1. The molecule has 3 aromatic rings. The van der Waals surface area contributed by atoms with Crippen molar-refractivity contribution in [3.8, 4) is 5.75 Å². The Morgan fingerprint density at radius 1 is 0.963 bits per heavy atom. The summed E-state index contributed by atoms with van der Waals surface area (Å²) in [5.74, 6) is 2.31. The van der Waals surface area contributed by atoms with Gasteiger partial charge in [0.2, 0.25) is 5.95 Å². The molecule has 140 valence electrons. The van der Waals surface area contributed by atoms with Crippen LogP contribution in [-0.4, -0.2) is 30.2 Å². The summed E-state index contributed by atoms with van der Waals surface area (Å²) in [6, 6.07) is 17.8. The summed E-state index contributed by atoms with van der Waals surface area (Å²) in [7, 11) is 1.69. The van der Waals surface area contributed by atoms with E-state index in [1.807, 2.05) is 42.5 Å². The number of benzene rings is 2. The van der Waals surface area contributed by atoms with Crippen LogP contribution in [0.25, 0.3) is 0 Å². The van der Waals surface area contributed by atoms with Gasteiger partial charge in [0, 0.05) is 24.3 Å². The Bertz CT molecular complexity index is 872. The third-order valence-corrected chi connectivity index (χ3v) is 4.37. The maximum Gasteiger partial charge on any atom is 0.224 e. The van der Waals surface area contributed by atoms with Gasteiger partial charge in [-0.15, -0.1) is 0 Å². The van der Waals surface area contributed by atoms with Crippen molar-refractivity contribution >= 4 is 23.4 Å². The Labute approximate surface area is 164 Å². The lowest BCUT2D eigenvalue weighted by molar-refractivity contribution is 0.410. The van der Waals surface area contributed by atoms with Crippen LogP contribution in [0, 0.1) is 0 Å². The summed E-state index contributed by atoms with van der Waals surface area (Å²) in [5.41, 5.74) is 2.35. The fourth-order valence-electron chi connectivity index (χ4n) is 2.79. The molecule has 0 radical (unpaired) electrons. The number of para-hydroxylation sites is 1. The molecule has 6 heteroatoms. The predicted molar refractivity (Wildman–Crippen MR) is 111 cm³/mol. The first-order valence-corrected chi connectivity index (χ1v) is 9.29. The minimum Gasteiger partial charge on any atom is -0.496 e. The summed E-state index contributed by atoms with van der Waals surface area (Å²) in [4.78, 5) is 8.78. The van der Waals surface area contributed by atoms with Gasteiger partial charge in [-0.05, 0) is 48.2 Å². The second-order valence-electron chi connectivity index (χ2n) is 6.06. The van der Waals surface area contributed by atoms with Gasteiger partial charge < -0.3 is 15.4 Å². The Morgan fingerprint density at radius 3 is 2.67 bits per heavy atom. The average Bonchev–Trinajstić information content (AvgIpc) is 2.69. The molecule has 0 spiro atoms. The van der Waals surface area contributed by atoms with Crippen LogP contribution in [0.4, 0.5) is 11.8 Å². The lowest BCUT2D eigenvalue weighted by atomic mass is 10.1. The molecule has 0 aliphatic carbocycles. The molecule has 0 bridgehead atoms. The van der Waals surface area contributed by atoms with Crippen LogP contribution < -0.4 is 15.4 Å². The van der Waals surface area contributed by atoms with Gasteiger partial charge in [-0.25, -0.2) is 4.98 Å². The van der Waals surface area contributed by atoms with E-state index >= 15 is 0 Å². The summed E-state index contributed by atoms with van der Waals surface area (Å²) in [5, 5.41) is 7.35. The molecule has 27 heavy (non-hydrogen) atoms.